The molecule has 2 aromatic rings. The van der Waals surface area contributed by atoms with Crippen molar-refractivity contribution in [3.8, 4) is 0 Å². The molecule has 1 N–H and O–H groups in total. The first-order valence-corrected chi connectivity index (χ1v) is 6.80. The van der Waals surface area contributed by atoms with Crippen LogP contribution in [-0.2, 0) is 16.0 Å². The fourth-order valence-electron chi connectivity index (χ4n) is 2.40. The van der Waals surface area contributed by atoms with Gasteiger partial charge in [0, 0.05) is 22.5 Å². The van der Waals surface area contributed by atoms with Gasteiger partial charge in [0.05, 0.1) is 11.4 Å². The molecule has 0 radical (unpaired) electrons. The second kappa shape index (κ2) is 4.74. The maximum Gasteiger partial charge on any atom is 0.230 e. The average Bonchev–Trinajstić information content (AvgIpc) is 2.72. The number of benzene rings is 1. The molecule has 2 heterocycles. The van der Waals surface area contributed by atoms with Gasteiger partial charge in [-0.3, -0.25) is 19.9 Å². The van der Waals surface area contributed by atoms with E-state index >= 15 is 0 Å². The summed E-state index contributed by atoms with van der Waals surface area (Å²) in [4.78, 5) is 27.2. The topological polar surface area (TPSA) is 59.1 Å². The highest BCUT2D eigenvalue weighted by atomic mass is 79.9. The van der Waals surface area contributed by atoms with Crippen molar-refractivity contribution in [3.63, 3.8) is 0 Å². The van der Waals surface area contributed by atoms with Gasteiger partial charge in [0.1, 0.15) is 0 Å². The summed E-state index contributed by atoms with van der Waals surface area (Å²) in [6.07, 6.45) is 2.54. The molecule has 4 nitrogen and oxygen atoms in total. The lowest BCUT2D eigenvalue weighted by Crippen LogP contribution is -2.22. The Labute approximate surface area is 118 Å². The molecular weight excluding hydrogens is 308 g/mol. The number of imide groups is 1. The van der Waals surface area contributed by atoms with Crippen LogP contribution in [0, 0.1) is 5.92 Å². The normalized spacial score (nSPS) is 18.9. The van der Waals surface area contributed by atoms with Crippen molar-refractivity contribution in [1.29, 1.82) is 0 Å². The lowest BCUT2D eigenvalue weighted by Gasteiger charge is -2.09. The van der Waals surface area contributed by atoms with Gasteiger partial charge in [-0.2, -0.15) is 0 Å². The number of nitrogens with one attached hydrogen (secondary N) is 1. The quantitative estimate of drug-likeness (QED) is 0.864. The molecule has 1 aromatic heterocycles. The number of amides is 2. The van der Waals surface area contributed by atoms with E-state index in [1.807, 2.05) is 24.3 Å². The molecule has 3 rings (SSSR count). The number of halogens is 1. The molecule has 1 aliphatic heterocycles. The molecular formula is C14H11BrN2O2. The zero-order chi connectivity index (χ0) is 13.4. The Hall–Kier alpha value is -1.75. The zero-order valence-electron chi connectivity index (χ0n) is 10.0. The molecule has 5 heteroatoms. The van der Waals surface area contributed by atoms with E-state index in [0.29, 0.717) is 6.42 Å². The van der Waals surface area contributed by atoms with Crippen molar-refractivity contribution in [2.45, 2.75) is 12.8 Å². The number of carbonyl (C=O) groups is 2. The third-order valence-corrected chi connectivity index (χ3v) is 4.02. The lowest BCUT2D eigenvalue weighted by molar-refractivity contribution is -0.125. The SMILES string of the molecule is O=C1CC(Cc2ccc(Br)c3cccnc23)C(=O)N1. The van der Waals surface area contributed by atoms with Gasteiger partial charge in [-0.25, -0.2) is 0 Å². The Morgan fingerprint density at radius 3 is 2.89 bits per heavy atom. The van der Waals surface area contributed by atoms with Crippen LogP contribution in [0.4, 0.5) is 0 Å². The van der Waals surface area contributed by atoms with E-state index in [0.717, 1.165) is 20.9 Å². The number of hydrogen-bond acceptors (Lipinski definition) is 3. The molecule has 96 valence electrons. The smallest absolute Gasteiger partial charge is 0.230 e. The van der Waals surface area contributed by atoms with Gasteiger partial charge in [0.2, 0.25) is 11.8 Å². The number of carbonyl (C=O) groups excluding carboxylic acids is 2. The van der Waals surface area contributed by atoms with Crippen molar-refractivity contribution in [2.24, 2.45) is 5.92 Å². The van der Waals surface area contributed by atoms with Crippen LogP contribution in [0.5, 0.6) is 0 Å². The summed E-state index contributed by atoms with van der Waals surface area (Å²) in [5, 5.41) is 3.36. The van der Waals surface area contributed by atoms with E-state index in [-0.39, 0.29) is 24.2 Å². The second-order valence-electron chi connectivity index (χ2n) is 4.62. The lowest BCUT2D eigenvalue weighted by atomic mass is 9.96. The number of pyridine rings is 1. The summed E-state index contributed by atoms with van der Waals surface area (Å²) in [5.74, 6) is -0.653. The minimum atomic E-state index is -0.279. The van der Waals surface area contributed by atoms with Gasteiger partial charge < -0.3 is 0 Å². The highest BCUT2D eigenvalue weighted by Crippen LogP contribution is 2.28. The molecule has 1 aliphatic rings. The minimum Gasteiger partial charge on any atom is -0.296 e. The van der Waals surface area contributed by atoms with E-state index in [1.54, 1.807) is 6.20 Å². The maximum atomic E-state index is 11.6. The Bertz CT molecular complexity index is 684. The fourth-order valence-corrected chi connectivity index (χ4v) is 2.85. The van der Waals surface area contributed by atoms with Crippen LogP contribution in [0.1, 0.15) is 12.0 Å². The third kappa shape index (κ3) is 2.26. The van der Waals surface area contributed by atoms with Crippen molar-refractivity contribution < 1.29 is 9.59 Å². The Morgan fingerprint density at radius 1 is 1.32 bits per heavy atom. The van der Waals surface area contributed by atoms with E-state index in [2.05, 4.69) is 26.2 Å². The van der Waals surface area contributed by atoms with Crippen molar-refractivity contribution in [3.05, 3.63) is 40.5 Å². The molecule has 0 spiro atoms. The fraction of sp³-hybridized carbons (Fsp3) is 0.214. The van der Waals surface area contributed by atoms with Gasteiger partial charge in [-0.15, -0.1) is 0 Å². The summed E-state index contributed by atoms with van der Waals surface area (Å²) in [6, 6.07) is 7.77. The van der Waals surface area contributed by atoms with Crippen LogP contribution in [0.2, 0.25) is 0 Å². The van der Waals surface area contributed by atoms with Gasteiger partial charge in [0.15, 0.2) is 0 Å². The standard InChI is InChI=1S/C14H11BrN2O2/c15-11-4-3-8(13-10(11)2-1-5-16-13)6-9-7-12(18)17-14(9)19/h1-5,9H,6-7H2,(H,17,18,19). The van der Waals surface area contributed by atoms with E-state index in [1.165, 1.54) is 0 Å². The molecule has 0 saturated carbocycles. The van der Waals surface area contributed by atoms with Crippen LogP contribution in [0.25, 0.3) is 10.9 Å². The van der Waals surface area contributed by atoms with Gasteiger partial charge in [-0.1, -0.05) is 28.1 Å². The Balaban J connectivity index is 2.00. The zero-order valence-corrected chi connectivity index (χ0v) is 11.6. The van der Waals surface area contributed by atoms with E-state index in [4.69, 9.17) is 0 Å². The van der Waals surface area contributed by atoms with Crippen molar-refractivity contribution >= 4 is 38.6 Å². The monoisotopic (exact) mass is 318 g/mol. The van der Waals surface area contributed by atoms with Gasteiger partial charge >= 0.3 is 0 Å². The molecule has 1 unspecified atom stereocenters. The largest absolute Gasteiger partial charge is 0.296 e. The average molecular weight is 319 g/mol. The van der Waals surface area contributed by atoms with Gasteiger partial charge in [-0.05, 0) is 24.1 Å². The molecule has 0 aliphatic carbocycles. The number of aromatic nitrogens is 1. The maximum absolute atomic E-state index is 11.6. The first-order chi connectivity index (χ1) is 9.15. The molecule has 1 atom stereocenters. The number of rotatable bonds is 2. The van der Waals surface area contributed by atoms with Crippen molar-refractivity contribution in [2.75, 3.05) is 0 Å². The van der Waals surface area contributed by atoms with Gasteiger partial charge in [0.25, 0.3) is 0 Å². The summed E-state index contributed by atoms with van der Waals surface area (Å²) in [5.41, 5.74) is 1.87. The van der Waals surface area contributed by atoms with Crippen LogP contribution in [-0.4, -0.2) is 16.8 Å². The third-order valence-electron chi connectivity index (χ3n) is 3.33. The summed E-state index contributed by atoms with van der Waals surface area (Å²) >= 11 is 3.49. The highest BCUT2D eigenvalue weighted by Gasteiger charge is 2.30. The van der Waals surface area contributed by atoms with Crippen LogP contribution in [0.3, 0.4) is 0 Å². The summed E-state index contributed by atoms with van der Waals surface area (Å²) in [7, 11) is 0. The number of fused-ring (bicyclic) bond motifs is 1. The van der Waals surface area contributed by atoms with Crippen molar-refractivity contribution in [1.82, 2.24) is 10.3 Å². The first kappa shape index (κ1) is 12.3. The Morgan fingerprint density at radius 2 is 2.16 bits per heavy atom. The second-order valence-corrected chi connectivity index (χ2v) is 5.48. The predicted octanol–water partition coefficient (Wildman–Crippen LogP) is 2.20. The molecule has 1 aromatic carbocycles. The van der Waals surface area contributed by atoms with Crippen LogP contribution >= 0.6 is 15.9 Å². The highest BCUT2D eigenvalue weighted by molar-refractivity contribution is 9.10. The van der Waals surface area contributed by atoms with E-state index < -0.39 is 0 Å². The van der Waals surface area contributed by atoms with Crippen LogP contribution < -0.4 is 5.32 Å². The minimum absolute atomic E-state index is 0.183. The molecule has 0 bridgehead atoms. The molecule has 19 heavy (non-hydrogen) atoms. The summed E-state index contributed by atoms with van der Waals surface area (Å²) in [6.45, 7) is 0. The summed E-state index contributed by atoms with van der Waals surface area (Å²) < 4.78 is 0.978. The first-order valence-electron chi connectivity index (χ1n) is 6.01. The number of nitrogens with zero attached hydrogens (tertiary/aromatic N) is 1. The molecule has 1 saturated heterocycles. The molecule has 2 amide bonds. The Kier molecular flexibility index (Phi) is 3.06. The predicted molar refractivity (Wildman–Crippen MR) is 74.4 cm³/mol. The van der Waals surface area contributed by atoms with Crippen LogP contribution in [0.15, 0.2) is 34.9 Å². The molecule has 1 fully saturated rings. The van der Waals surface area contributed by atoms with E-state index in [9.17, 15) is 9.59 Å². The number of hydrogen-bond donors (Lipinski definition) is 1.